The first kappa shape index (κ1) is 13.3. The second-order valence-electron chi connectivity index (χ2n) is 5.42. The number of hydrogen-bond acceptors (Lipinski definition) is 4. The van der Waals surface area contributed by atoms with Gasteiger partial charge in [-0.25, -0.2) is 9.97 Å². The van der Waals surface area contributed by atoms with Crippen molar-refractivity contribution in [1.82, 2.24) is 15.3 Å². The maximum atomic E-state index is 4.55. The number of nitrogens with one attached hydrogen (secondary N) is 1. The van der Waals surface area contributed by atoms with Gasteiger partial charge >= 0.3 is 0 Å². The van der Waals surface area contributed by atoms with Crippen molar-refractivity contribution in [3.8, 4) is 0 Å². The lowest BCUT2D eigenvalue weighted by Gasteiger charge is -2.33. The molecular formula is C14H24N4. The second kappa shape index (κ2) is 6.14. The largest absolute Gasteiger partial charge is 0.354 e. The summed E-state index contributed by atoms with van der Waals surface area (Å²) in [5.74, 6) is 2.64. The average molecular weight is 248 g/mol. The van der Waals surface area contributed by atoms with Crippen LogP contribution in [0, 0.1) is 12.8 Å². The van der Waals surface area contributed by atoms with E-state index in [1.54, 1.807) is 0 Å². The smallest absolute Gasteiger partial charge is 0.132 e. The Morgan fingerprint density at radius 2 is 2.33 bits per heavy atom. The monoisotopic (exact) mass is 248 g/mol. The molecule has 0 spiro atoms. The van der Waals surface area contributed by atoms with Crippen molar-refractivity contribution in [2.45, 2.75) is 39.7 Å². The number of rotatable bonds is 4. The van der Waals surface area contributed by atoms with Gasteiger partial charge in [0.2, 0.25) is 0 Å². The van der Waals surface area contributed by atoms with Crippen LogP contribution in [-0.4, -0.2) is 35.6 Å². The quantitative estimate of drug-likeness (QED) is 0.885. The van der Waals surface area contributed by atoms with Gasteiger partial charge in [0.15, 0.2) is 0 Å². The van der Waals surface area contributed by atoms with Crippen LogP contribution in [0.15, 0.2) is 12.3 Å². The maximum absolute atomic E-state index is 4.55. The molecule has 0 amide bonds. The highest BCUT2D eigenvalue weighted by Gasteiger charge is 2.20. The molecule has 4 nitrogen and oxygen atoms in total. The van der Waals surface area contributed by atoms with E-state index in [2.05, 4.69) is 34.0 Å². The van der Waals surface area contributed by atoms with Crippen LogP contribution in [0.2, 0.25) is 0 Å². The summed E-state index contributed by atoms with van der Waals surface area (Å²) in [6, 6.07) is 2.49. The van der Waals surface area contributed by atoms with Gasteiger partial charge in [0.1, 0.15) is 11.6 Å². The number of aryl methyl sites for hydroxylation is 1. The van der Waals surface area contributed by atoms with Gasteiger partial charge in [0, 0.05) is 18.8 Å². The van der Waals surface area contributed by atoms with E-state index < -0.39 is 0 Å². The second-order valence-corrected chi connectivity index (χ2v) is 5.42. The summed E-state index contributed by atoms with van der Waals surface area (Å²) in [6.45, 7) is 9.80. The van der Waals surface area contributed by atoms with Crippen LogP contribution in [0.3, 0.4) is 0 Å². The van der Waals surface area contributed by atoms with Crippen molar-refractivity contribution < 1.29 is 0 Å². The molecule has 0 aliphatic carbocycles. The summed E-state index contributed by atoms with van der Waals surface area (Å²) < 4.78 is 0. The Labute approximate surface area is 110 Å². The number of anilines is 1. The van der Waals surface area contributed by atoms with Crippen LogP contribution in [0.25, 0.3) is 0 Å². The molecule has 100 valence electrons. The van der Waals surface area contributed by atoms with Crippen molar-refractivity contribution in [2.75, 3.05) is 24.5 Å². The number of nitrogens with zero attached hydrogens (tertiary/aromatic N) is 3. The third-order valence-electron chi connectivity index (χ3n) is 3.53. The Morgan fingerprint density at radius 3 is 2.94 bits per heavy atom. The SMILES string of the molecule is Cc1nccc(N(CC2CCCNC2)C(C)C)n1. The van der Waals surface area contributed by atoms with Crippen molar-refractivity contribution in [3.63, 3.8) is 0 Å². The van der Waals surface area contributed by atoms with Gasteiger partial charge < -0.3 is 10.2 Å². The van der Waals surface area contributed by atoms with E-state index in [9.17, 15) is 0 Å². The van der Waals surface area contributed by atoms with Crippen molar-refractivity contribution in [1.29, 1.82) is 0 Å². The molecule has 18 heavy (non-hydrogen) atoms. The molecule has 1 fully saturated rings. The van der Waals surface area contributed by atoms with Crippen LogP contribution < -0.4 is 10.2 Å². The highest BCUT2D eigenvalue weighted by atomic mass is 15.2. The molecule has 1 aromatic heterocycles. The topological polar surface area (TPSA) is 41.1 Å². The molecule has 1 unspecified atom stereocenters. The molecular weight excluding hydrogens is 224 g/mol. The van der Waals surface area contributed by atoms with E-state index in [0.29, 0.717) is 6.04 Å². The summed E-state index contributed by atoms with van der Waals surface area (Å²) >= 11 is 0. The molecule has 0 aromatic carbocycles. The van der Waals surface area contributed by atoms with Crippen LogP contribution in [0.1, 0.15) is 32.5 Å². The minimum absolute atomic E-state index is 0.473. The molecule has 1 atom stereocenters. The molecule has 4 heteroatoms. The molecule has 0 bridgehead atoms. The standard InChI is InChI=1S/C14H24N4/c1-11(2)18(10-13-5-4-7-15-9-13)14-6-8-16-12(3)17-14/h6,8,11,13,15H,4-5,7,9-10H2,1-3H3. The van der Waals surface area contributed by atoms with E-state index in [1.165, 1.54) is 19.4 Å². The average Bonchev–Trinajstić information content (AvgIpc) is 2.37. The summed E-state index contributed by atoms with van der Waals surface area (Å²) in [6.07, 6.45) is 4.46. The Bertz CT molecular complexity index is 372. The Morgan fingerprint density at radius 1 is 1.50 bits per heavy atom. The van der Waals surface area contributed by atoms with Gasteiger partial charge in [-0.1, -0.05) is 0 Å². The predicted octanol–water partition coefficient (Wildman–Crippen LogP) is 2.00. The van der Waals surface area contributed by atoms with Crippen molar-refractivity contribution in [2.24, 2.45) is 5.92 Å². The summed E-state index contributed by atoms with van der Waals surface area (Å²) in [4.78, 5) is 11.1. The highest BCUT2D eigenvalue weighted by molar-refractivity contribution is 5.38. The zero-order valence-electron chi connectivity index (χ0n) is 11.7. The zero-order valence-corrected chi connectivity index (χ0v) is 11.7. The minimum atomic E-state index is 0.473. The van der Waals surface area contributed by atoms with Crippen molar-refractivity contribution >= 4 is 5.82 Å². The van der Waals surface area contributed by atoms with E-state index in [-0.39, 0.29) is 0 Å². The van der Waals surface area contributed by atoms with E-state index >= 15 is 0 Å². The van der Waals surface area contributed by atoms with E-state index in [1.807, 2.05) is 19.2 Å². The lowest BCUT2D eigenvalue weighted by atomic mass is 9.98. The maximum Gasteiger partial charge on any atom is 0.132 e. The van der Waals surface area contributed by atoms with E-state index in [0.717, 1.165) is 30.6 Å². The highest BCUT2D eigenvalue weighted by Crippen LogP contribution is 2.19. The van der Waals surface area contributed by atoms with Gasteiger partial charge in [0.25, 0.3) is 0 Å². The third-order valence-corrected chi connectivity index (χ3v) is 3.53. The van der Waals surface area contributed by atoms with Gasteiger partial charge in [0.05, 0.1) is 0 Å². The molecule has 1 aromatic rings. The fraction of sp³-hybridized carbons (Fsp3) is 0.714. The van der Waals surface area contributed by atoms with Gasteiger partial charge in [-0.3, -0.25) is 0 Å². The first-order chi connectivity index (χ1) is 8.66. The molecule has 1 aliphatic heterocycles. The van der Waals surface area contributed by atoms with Gasteiger partial charge in [-0.15, -0.1) is 0 Å². The first-order valence-corrected chi connectivity index (χ1v) is 6.94. The normalized spacial score (nSPS) is 20.1. The fourth-order valence-corrected chi connectivity index (χ4v) is 2.53. The fourth-order valence-electron chi connectivity index (χ4n) is 2.53. The summed E-state index contributed by atoms with van der Waals surface area (Å²) in [7, 11) is 0. The molecule has 1 saturated heterocycles. The van der Waals surface area contributed by atoms with E-state index in [4.69, 9.17) is 0 Å². The molecule has 1 N–H and O–H groups in total. The number of piperidine rings is 1. The van der Waals surface area contributed by atoms with Gasteiger partial charge in [-0.2, -0.15) is 0 Å². The third kappa shape index (κ3) is 3.42. The van der Waals surface area contributed by atoms with Crippen molar-refractivity contribution in [3.05, 3.63) is 18.1 Å². The van der Waals surface area contributed by atoms with Crippen LogP contribution in [-0.2, 0) is 0 Å². The molecule has 2 rings (SSSR count). The zero-order chi connectivity index (χ0) is 13.0. The first-order valence-electron chi connectivity index (χ1n) is 6.94. The lowest BCUT2D eigenvalue weighted by Crippen LogP contribution is -2.41. The summed E-state index contributed by atoms with van der Waals surface area (Å²) in [5, 5.41) is 3.48. The Kier molecular flexibility index (Phi) is 4.53. The molecule has 2 heterocycles. The minimum Gasteiger partial charge on any atom is -0.354 e. The molecule has 1 aliphatic rings. The Hall–Kier alpha value is -1.16. The Balaban J connectivity index is 2.07. The number of aromatic nitrogens is 2. The van der Waals surface area contributed by atoms with Gasteiger partial charge in [-0.05, 0) is 58.7 Å². The predicted molar refractivity (Wildman–Crippen MR) is 74.8 cm³/mol. The van der Waals surface area contributed by atoms with Crippen LogP contribution >= 0.6 is 0 Å². The number of hydrogen-bond donors (Lipinski definition) is 1. The van der Waals surface area contributed by atoms with Crippen LogP contribution in [0.4, 0.5) is 5.82 Å². The molecule has 0 saturated carbocycles. The molecule has 0 radical (unpaired) electrons. The summed E-state index contributed by atoms with van der Waals surface area (Å²) in [5.41, 5.74) is 0. The van der Waals surface area contributed by atoms with Crippen LogP contribution in [0.5, 0.6) is 0 Å². The lowest BCUT2D eigenvalue weighted by molar-refractivity contribution is 0.370.